The molecule has 0 aliphatic carbocycles. The molecule has 1 atom stereocenters. The van der Waals surface area contributed by atoms with Gasteiger partial charge in [0.25, 0.3) is 0 Å². The number of rotatable bonds is 6. The summed E-state index contributed by atoms with van der Waals surface area (Å²) in [6.07, 6.45) is 0. The van der Waals surface area contributed by atoms with Gasteiger partial charge in [0.15, 0.2) is 0 Å². The fraction of sp³-hybridized carbons (Fsp3) is 0.600. The molecule has 0 aliphatic heterocycles. The van der Waals surface area contributed by atoms with Crippen LogP contribution in [0.5, 0.6) is 5.75 Å². The van der Waals surface area contributed by atoms with E-state index >= 15 is 0 Å². The first-order valence-corrected chi connectivity index (χ1v) is 6.33. The molecule has 1 N–H and O–H groups in total. The number of nitrogens with one attached hydrogen (secondary N) is 1. The van der Waals surface area contributed by atoms with Crippen LogP contribution in [-0.2, 0) is 4.74 Å². The number of hydrogen-bond acceptors (Lipinski definition) is 3. The number of para-hydroxylation sites is 1. The molecule has 0 heterocycles. The van der Waals surface area contributed by atoms with Crippen molar-refractivity contribution in [2.45, 2.75) is 39.3 Å². The molecule has 0 amide bonds. The highest BCUT2D eigenvalue weighted by Crippen LogP contribution is 2.23. The Labute approximate surface area is 110 Å². The molecule has 0 aromatic heterocycles. The van der Waals surface area contributed by atoms with E-state index < -0.39 is 0 Å². The fourth-order valence-corrected chi connectivity index (χ4v) is 1.97. The molecule has 1 aromatic rings. The number of benzene rings is 1. The molecule has 0 aliphatic rings. The molecule has 1 unspecified atom stereocenters. The minimum Gasteiger partial charge on any atom is -0.491 e. The van der Waals surface area contributed by atoms with Crippen LogP contribution < -0.4 is 10.1 Å². The van der Waals surface area contributed by atoms with E-state index in [4.69, 9.17) is 9.47 Å². The van der Waals surface area contributed by atoms with Crippen LogP contribution >= 0.6 is 0 Å². The molecule has 18 heavy (non-hydrogen) atoms. The lowest BCUT2D eigenvalue weighted by atomic mass is 9.99. The number of ether oxygens (including phenoxy) is 2. The molecular formula is C15H25NO2. The summed E-state index contributed by atoms with van der Waals surface area (Å²) in [6.45, 7) is 8.84. The summed E-state index contributed by atoms with van der Waals surface area (Å²) < 4.78 is 11.5. The smallest absolute Gasteiger partial charge is 0.125 e. The van der Waals surface area contributed by atoms with Gasteiger partial charge in [0.2, 0.25) is 0 Å². The standard InChI is InChI=1S/C15H25NO2/c1-11-8-7-9-12(2)14(11)18-10-13(16-5)15(3,4)17-6/h7-9,13,16H,10H2,1-6H3. The molecule has 3 nitrogen and oxygen atoms in total. The van der Waals surface area contributed by atoms with Crippen molar-refractivity contribution in [2.24, 2.45) is 0 Å². The van der Waals surface area contributed by atoms with Gasteiger partial charge in [0.05, 0.1) is 11.6 Å². The van der Waals surface area contributed by atoms with Gasteiger partial charge >= 0.3 is 0 Å². The quantitative estimate of drug-likeness (QED) is 0.843. The second-order valence-corrected chi connectivity index (χ2v) is 5.18. The lowest BCUT2D eigenvalue weighted by Crippen LogP contribution is -2.50. The van der Waals surface area contributed by atoms with Crippen LogP contribution in [-0.4, -0.2) is 32.4 Å². The SMILES string of the molecule is CNC(COc1c(C)cccc1C)C(C)(C)OC. The van der Waals surface area contributed by atoms with Crippen molar-refractivity contribution in [3.63, 3.8) is 0 Å². The Hall–Kier alpha value is -1.06. The first kappa shape index (κ1) is 15.0. The summed E-state index contributed by atoms with van der Waals surface area (Å²) in [6, 6.07) is 6.32. The van der Waals surface area contributed by atoms with Crippen molar-refractivity contribution in [1.82, 2.24) is 5.32 Å². The maximum Gasteiger partial charge on any atom is 0.125 e. The zero-order chi connectivity index (χ0) is 13.8. The van der Waals surface area contributed by atoms with Crippen LogP contribution in [0, 0.1) is 13.8 Å². The maximum absolute atomic E-state index is 5.97. The zero-order valence-corrected chi connectivity index (χ0v) is 12.3. The maximum atomic E-state index is 5.97. The highest BCUT2D eigenvalue weighted by atomic mass is 16.5. The van der Waals surface area contributed by atoms with Gasteiger partial charge in [-0.25, -0.2) is 0 Å². The number of likely N-dealkylation sites (N-methyl/N-ethyl adjacent to an activating group) is 1. The van der Waals surface area contributed by atoms with E-state index in [0.29, 0.717) is 6.61 Å². The third-order valence-corrected chi connectivity index (χ3v) is 3.52. The Bertz CT molecular complexity index is 368. The summed E-state index contributed by atoms with van der Waals surface area (Å²) >= 11 is 0. The Kier molecular flexibility index (Phi) is 5.17. The monoisotopic (exact) mass is 251 g/mol. The number of aryl methyl sites for hydroxylation is 2. The van der Waals surface area contributed by atoms with Gasteiger partial charge in [-0.15, -0.1) is 0 Å². The summed E-state index contributed by atoms with van der Waals surface area (Å²) in [5.74, 6) is 0.977. The van der Waals surface area contributed by atoms with Gasteiger partial charge in [-0.05, 0) is 45.9 Å². The Morgan fingerprint density at radius 1 is 1.22 bits per heavy atom. The largest absolute Gasteiger partial charge is 0.491 e. The van der Waals surface area contributed by atoms with E-state index in [-0.39, 0.29) is 11.6 Å². The third kappa shape index (κ3) is 3.47. The van der Waals surface area contributed by atoms with Crippen molar-refractivity contribution >= 4 is 0 Å². The molecular weight excluding hydrogens is 226 g/mol. The van der Waals surface area contributed by atoms with Gasteiger partial charge in [0, 0.05) is 7.11 Å². The van der Waals surface area contributed by atoms with E-state index in [2.05, 4.69) is 45.1 Å². The molecule has 1 aromatic carbocycles. The molecule has 3 heteroatoms. The van der Waals surface area contributed by atoms with Crippen molar-refractivity contribution < 1.29 is 9.47 Å². The summed E-state index contributed by atoms with van der Waals surface area (Å²) in [5.41, 5.74) is 2.07. The molecule has 0 radical (unpaired) electrons. The first-order valence-electron chi connectivity index (χ1n) is 6.33. The van der Waals surface area contributed by atoms with Crippen LogP contribution in [0.3, 0.4) is 0 Å². The molecule has 0 saturated carbocycles. The number of hydrogen-bond donors (Lipinski definition) is 1. The van der Waals surface area contributed by atoms with E-state index in [1.165, 1.54) is 11.1 Å². The molecule has 0 fully saturated rings. The van der Waals surface area contributed by atoms with Crippen LogP contribution in [0.4, 0.5) is 0 Å². The van der Waals surface area contributed by atoms with Crippen molar-refractivity contribution in [2.75, 3.05) is 20.8 Å². The van der Waals surface area contributed by atoms with Crippen molar-refractivity contribution in [3.8, 4) is 5.75 Å². The Balaban J connectivity index is 2.75. The Morgan fingerprint density at radius 3 is 2.22 bits per heavy atom. The van der Waals surface area contributed by atoms with Crippen molar-refractivity contribution in [1.29, 1.82) is 0 Å². The second-order valence-electron chi connectivity index (χ2n) is 5.18. The van der Waals surface area contributed by atoms with Crippen molar-refractivity contribution in [3.05, 3.63) is 29.3 Å². The molecule has 102 valence electrons. The fourth-order valence-electron chi connectivity index (χ4n) is 1.97. The van der Waals surface area contributed by atoms with E-state index in [1.54, 1.807) is 7.11 Å². The summed E-state index contributed by atoms with van der Waals surface area (Å²) in [7, 11) is 3.66. The van der Waals surface area contributed by atoms with Gasteiger partial charge in [-0.1, -0.05) is 18.2 Å². The van der Waals surface area contributed by atoms with Crippen LogP contribution in [0.25, 0.3) is 0 Å². The van der Waals surface area contributed by atoms with Crippen LogP contribution in [0.1, 0.15) is 25.0 Å². The van der Waals surface area contributed by atoms with Crippen LogP contribution in [0.15, 0.2) is 18.2 Å². The normalized spacial score (nSPS) is 13.4. The van der Waals surface area contributed by atoms with Gasteiger partial charge in [0.1, 0.15) is 12.4 Å². The van der Waals surface area contributed by atoms with Gasteiger partial charge < -0.3 is 14.8 Å². The lowest BCUT2D eigenvalue weighted by Gasteiger charge is -2.33. The summed E-state index contributed by atoms with van der Waals surface area (Å²) in [5, 5.41) is 3.25. The molecule has 0 bridgehead atoms. The average molecular weight is 251 g/mol. The predicted octanol–water partition coefficient (Wildman–Crippen LogP) is 2.70. The topological polar surface area (TPSA) is 30.5 Å². The Morgan fingerprint density at radius 2 is 1.78 bits per heavy atom. The minimum atomic E-state index is -0.259. The zero-order valence-electron chi connectivity index (χ0n) is 12.3. The lowest BCUT2D eigenvalue weighted by molar-refractivity contribution is -0.0205. The second kappa shape index (κ2) is 6.21. The molecule has 1 rings (SSSR count). The van der Waals surface area contributed by atoms with E-state index in [0.717, 1.165) is 5.75 Å². The highest BCUT2D eigenvalue weighted by molar-refractivity contribution is 5.39. The first-order chi connectivity index (χ1) is 8.42. The predicted molar refractivity (Wildman–Crippen MR) is 75.3 cm³/mol. The molecule has 0 spiro atoms. The van der Waals surface area contributed by atoms with Gasteiger partial charge in [-0.2, -0.15) is 0 Å². The average Bonchev–Trinajstić information content (AvgIpc) is 2.33. The highest BCUT2D eigenvalue weighted by Gasteiger charge is 2.28. The molecule has 0 saturated heterocycles. The van der Waals surface area contributed by atoms with E-state index in [1.807, 2.05) is 13.1 Å². The summed E-state index contributed by atoms with van der Waals surface area (Å²) in [4.78, 5) is 0. The van der Waals surface area contributed by atoms with Gasteiger partial charge in [-0.3, -0.25) is 0 Å². The third-order valence-electron chi connectivity index (χ3n) is 3.52. The number of methoxy groups -OCH3 is 1. The minimum absolute atomic E-state index is 0.140. The van der Waals surface area contributed by atoms with Crippen LogP contribution in [0.2, 0.25) is 0 Å². The van der Waals surface area contributed by atoms with E-state index in [9.17, 15) is 0 Å².